The largest absolute Gasteiger partial charge is 1.00 e. The summed E-state index contributed by atoms with van der Waals surface area (Å²) in [5.74, 6) is -0.875. The van der Waals surface area contributed by atoms with E-state index < -0.39 is 12.0 Å². The summed E-state index contributed by atoms with van der Waals surface area (Å²) in [6.45, 7) is 2.23. The van der Waals surface area contributed by atoms with E-state index in [2.05, 4.69) is 6.92 Å². The molecule has 0 fully saturated rings. The molecule has 0 bridgehead atoms. The summed E-state index contributed by atoms with van der Waals surface area (Å²) < 4.78 is 0. The number of carboxylic acid groups (broad SMARTS) is 1. The van der Waals surface area contributed by atoms with E-state index >= 15 is 0 Å². The van der Waals surface area contributed by atoms with Crippen LogP contribution in [0.4, 0.5) is 0 Å². The Morgan fingerprint density at radius 2 is 1.47 bits per heavy atom. The van der Waals surface area contributed by atoms with Gasteiger partial charge in [0.2, 0.25) is 0 Å². The van der Waals surface area contributed by atoms with Gasteiger partial charge in [0.15, 0.2) is 0 Å². The Bertz CT molecular complexity index is 182. The molecule has 0 rings (SSSR count). The molecule has 0 unspecified atom stereocenters. The molecule has 3 N–H and O–H groups in total. The molecular formula is C13H28NNaO2. The average molecular weight is 253 g/mol. The fourth-order valence-corrected chi connectivity index (χ4v) is 1.80. The van der Waals surface area contributed by atoms with Crippen LogP contribution < -0.4 is 35.3 Å². The van der Waals surface area contributed by atoms with Gasteiger partial charge in [-0.25, -0.2) is 0 Å². The first kappa shape index (κ1) is 19.8. The zero-order chi connectivity index (χ0) is 12.2. The fourth-order valence-electron chi connectivity index (χ4n) is 1.80. The molecule has 1 atom stereocenters. The predicted molar refractivity (Wildman–Crippen MR) is 68.6 cm³/mol. The summed E-state index contributed by atoms with van der Waals surface area (Å²) in [5.41, 5.74) is 5.41. The Labute approximate surface area is 129 Å². The van der Waals surface area contributed by atoms with E-state index in [1.807, 2.05) is 0 Å². The molecule has 0 radical (unpaired) electrons. The van der Waals surface area contributed by atoms with Gasteiger partial charge < -0.3 is 12.3 Å². The quantitative estimate of drug-likeness (QED) is 0.415. The number of carbonyl (C=O) groups is 1. The van der Waals surface area contributed by atoms with Crippen LogP contribution in [0.25, 0.3) is 0 Å². The van der Waals surface area contributed by atoms with Gasteiger partial charge in [-0.3, -0.25) is 4.79 Å². The Morgan fingerprint density at radius 3 is 1.88 bits per heavy atom. The summed E-state index contributed by atoms with van der Waals surface area (Å²) >= 11 is 0. The summed E-state index contributed by atoms with van der Waals surface area (Å²) in [7, 11) is 0. The second kappa shape index (κ2) is 14.5. The molecule has 0 spiro atoms. The van der Waals surface area contributed by atoms with Crippen LogP contribution in [0.3, 0.4) is 0 Å². The van der Waals surface area contributed by atoms with Gasteiger partial charge in [-0.2, -0.15) is 0 Å². The van der Waals surface area contributed by atoms with Crippen LogP contribution in [0, 0.1) is 0 Å². The number of unbranched alkanes of at least 4 members (excludes halogenated alkanes) is 8. The van der Waals surface area contributed by atoms with E-state index in [4.69, 9.17) is 10.8 Å². The third kappa shape index (κ3) is 14.4. The van der Waals surface area contributed by atoms with E-state index in [1.165, 1.54) is 44.9 Å². The van der Waals surface area contributed by atoms with Crippen LogP contribution >= 0.6 is 0 Å². The van der Waals surface area contributed by atoms with Crippen molar-refractivity contribution in [1.82, 2.24) is 0 Å². The van der Waals surface area contributed by atoms with Crippen molar-refractivity contribution >= 4 is 5.97 Å². The Kier molecular flexibility index (Phi) is 16.8. The number of nitrogens with two attached hydrogens (primary N) is 1. The molecule has 0 saturated heterocycles. The van der Waals surface area contributed by atoms with E-state index in [9.17, 15) is 4.79 Å². The van der Waals surface area contributed by atoms with Gasteiger partial charge >= 0.3 is 35.5 Å². The number of rotatable bonds is 11. The van der Waals surface area contributed by atoms with Crippen molar-refractivity contribution in [3.8, 4) is 0 Å². The Balaban J connectivity index is -0.00000112. The van der Waals surface area contributed by atoms with Crippen LogP contribution in [0.5, 0.6) is 0 Å². The minimum Gasteiger partial charge on any atom is -1.00 e. The summed E-state index contributed by atoms with van der Waals surface area (Å²) in [6.07, 6.45) is 11.9. The van der Waals surface area contributed by atoms with Gasteiger partial charge in [-0.15, -0.1) is 0 Å². The Morgan fingerprint density at radius 1 is 1.06 bits per heavy atom. The van der Waals surface area contributed by atoms with Crippen molar-refractivity contribution in [3.63, 3.8) is 0 Å². The third-order valence-corrected chi connectivity index (χ3v) is 2.94. The first-order valence-electron chi connectivity index (χ1n) is 6.67. The van der Waals surface area contributed by atoms with Crippen molar-refractivity contribution in [3.05, 3.63) is 0 Å². The molecule has 0 heterocycles. The number of aliphatic carboxylic acids is 1. The number of hydrogen-bond donors (Lipinski definition) is 2. The first-order valence-corrected chi connectivity index (χ1v) is 6.67. The zero-order valence-corrected chi connectivity index (χ0v) is 13.6. The molecular weight excluding hydrogens is 225 g/mol. The SMILES string of the molecule is CCCCCCCCCCC[C@H](N)C(=O)O.[H-].[Na+]. The molecule has 0 aliphatic carbocycles. The molecule has 0 aromatic rings. The Hall–Kier alpha value is 0.430. The predicted octanol–water partition coefficient (Wildman–Crippen LogP) is 0.436. The monoisotopic (exact) mass is 253 g/mol. The van der Waals surface area contributed by atoms with E-state index in [1.54, 1.807) is 0 Å². The minimum absolute atomic E-state index is 0. The average Bonchev–Trinajstić information content (AvgIpc) is 2.26. The maximum atomic E-state index is 10.4. The van der Waals surface area contributed by atoms with Crippen LogP contribution in [0.15, 0.2) is 0 Å². The molecule has 0 aliphatic rings. The summed E-state index contributed by atoms with van der Waals surface area (Å²) in [5, 5.41) is 8.58. The standard InChI is InChI=1S/C13H27NO2.Na.H/c1-2-3-4-5-6-7-8-9-10-11-12(14)13(15)16;;/h12H,2-11,14H2,1H3,(H,15,16);;/q;+1;-1/t12-;;/m0../s1. The van der Waals surface area contributed by atoms with Gasteiger partial charge in [-0.1, -0.05) is 64.7 Å². The minimum atomic E-state index is -0.875. The van der Waals surface area contributed by atoms with Crippen molar-refractivity contribution in [2.24, 2.45) is 5.73 Å². The molecule has 17 heavy (non-hydrogen) atoms. The summed E-state index contributed by atoms with van der Waals surface area (Å²) in [4.78, 5) is 10.4. The van der Waals surface area contributed by atoms with Crippen LogP contribution in [0.2, 0.25) is 0 Å². The first-order chi connectivity index (χ1) is 7.68. The fraction of sp³-hybridized carbons (Fsp3) is 0.923. The maximum Gasteiger partial charge on any atom is 1.00 e. The molecule has 0 aromatic heterocycles. The van der Waals surface area contributed by atoms with Gasteiger partial charge in [0.05, 0.1) is 0 Å². The molecule has 0 aromatic carbocycles. The maximum absolute atomic E-state index is 10.4. The zero-order valence-electron chi connectivity index (χ0n) is 12.6. The van der Waals surface area contributed by atoms with Gasteiger partial charge in [0.1, 0.15) is 6.04 Å². The van der Waals surface area contributed by atoms with E-state index in [0.29, 0.717) is 6.42 Å². The van der Waals surface area contributed by atoms with Crippen molar-refractivity contribution in [2.45, 2.75) is 77.2 Å². The topological polar surface area (TPSA) is 63.3 Å². The van der Waals surface area contributed by atoms with Gasteiger partial charge in [0.25, 0.3) is 0 Å². The second-order valence-corrected chi connectivity index (χ2v) is 4.56. The molecule has 0 saturated carbocycles. The van der Waals surface area contributed by atoms with Gasteiger partial charge in [-0.05, 0) is 6.42 Å². The third-order valence-electron chi connectivity index (χ3n) is 2.94. The molecule has 0 aliphatic heterocycles. The smallest absolute Gasteiger partial charge is 1.00 e. The van der Waals surface area contributed by atoms with E-state index in [-0.39, 0.29) is 31.0 Å². The van der Waals surface area contributed by atoms with Crippen molar-refractivity contribution in [2.75, 3.05) is 0 Å². The number of carboxylic acids is 1. The van der Waals surface area contributed by atoms with Crippen LogP contribution in [0.1, 0.15) is 72.6 Å². The van der Waals surface area contributed by atoms with E-state index in [0.717, 1.165) is 12.8 Å². The van der Waals surface area contributed by atoms with Gasteiger partial charge in [0, 0.05) is 0 Å². The molecule has 98 valence electrons. The van der Waals surface area contributed by atoms with Crippen LogP contribution in [-0.4, -0.2) is 17.1 Å². The number of hydrogen-bond acceptors (Lipinski definition) is 2. The molecule has 3 nitrogen and oxygen atoms in total. The summed E-state index contributed by atoms with van der Waals surface area (Å²) in [6, 6.07) is -0.662. The van der Waals surface area contributed by atoms with Crippen molar-refractivity contribution in [1.29, 1.82) is 0 Å². The van der Waals surface area contributed by atoms with Crippen LogP contribution in [-0.2, 0) is 4.79 Å². The second-order valence-electron chi connectivity index (χ2n) is 4.56. The molecule has 4 heteroatoms. The molecule has 0 amide bonds. The van der Waals surface area contributed by atoms with Crippen molar-refractivity contribution < 1.29 is 40.9 Å². The normalized spacial score (nSPS) is 11.9.